The minimum absolute atomic E-state index is 0.0368. The second-order valence-electron chi connectivity index (χ2n) is 7.38. The van der Waals surface area contributed by atoms with Crippen LogP contribution >= 0.6 is 0 Å². The highest BCUT2D eigenvalue weighted by Gasteiger charge is 2.44. The highest BCUT2D eigenvalue weighted by molar-refractivity contribution is 6.00. The maximum absolute atomic E-state index is 14.5. The van der Waals surface area contributed by atoms with Crippen LogP contribution in [0.25, 0.3) is 0 Å². The van der Waals surface area contributed by atoms with Gasteiger partial charge in [0.1, 0.15) is 17.6 Å². The first-order valence-electron chi connectivity index (χ1n) is 9.77. The quantitative estimate of drug-likeness (QED) is 0.737. The fraction of sp³-hybridized carbons (Fsp3) is 0.391. The molecule has 0 heterocycles. The summed E-state index contributed by atoms with van der Waals surface area (Å²) in [5.41, 5.74) is 0.284. The molecule has 0 aromatic heterocycles. The number of hydrogen-bond donors (Lipinski definition) is 1. The molecule has 3 rings (SSSR count). The number of nitrogens with one attached hydrogen (secondary N) is 1. The van der Waals surface area contributed by atoms with Crippen molar-refractivity contribution in [2.75, 3.05) is 5.32 Å². The Morgan fingerprint density at radius 3 is 2.64 bits per heavy atom. The molecule has 146 valence electrons. The first-order valence-corrected chi connectivity index (χ1v) is 9.77. The molecule has 1 amide bonds. The highest BCUT2D eigenvalue weighted by atomic mass is 19.1. The topological polar surface area (TPSA) is 62.1 Å². The molecule has 0 spiro atoms. The zero-order valence-corrected chi connectivity index (χ0v) is 16.3. The maximum Gasteiger partial charge on any atom is 0.235 e. The SMILES string of the molecule is CC[C@H](C)Oc1ccc(NC(=O)C2(c3ccccc3F)CCCC2)c(C#N)c1. The summed E-state index contributed by atoms with van der Waals surface area (Å²) >= 11 is 0. The van der Waals surface area contributed by atoms with E-state index in [1.807, 2.05) is 13.8 Å². The van der Waals surface area contributed by atoms with Crippen LogP contribution in [0.4, 0.5) is 10.1 Å². The highest BCUT2D eigenvalue weighted by Crippen LogP contribution is 2.43. The third kappa shape index (κ3) is 3.87. The summed E-state index contributed by atoms with van der Waals surface area (Å²) in [6.45, 7) is 3.98. The summed E-state index contributed by atoms with van der Waals surface area (Å²) in [5, 5.41) is 12.4. The Balaban J connectivity index is 1.89. The molecule has 2 aromatic rings. The standard InChI is InChI=1S/C23H25FN2O2/c1-3-16(2)28-18-10-11-21(17(14-18)15-25)26-22(27)23(12-6-7-13-23)19-8-4-5-9-20(19)24/h4-5,8-11,14,16H,3,6-7,12-13H2,1-2H3,(H,26,27)/t16-/m0/s1. The molecule has 5 heteroatoms. The number of halogens is 1. The predicted molar refractivity (Wildman–Crippen MR) is 107 cm³/mol. The Kier molecular flexibility index (Phi) is 5.99. The Hall–Kier alpha value is -2.87. The number of hydrogen-bond acceptors (Lipinski definition) is 3. The Bertz CT molecular complexity index is 898. The van der Waals surface area contributed by atoms with Crippen LogP contribution < -0.4 is 10.1 Å². The van der Waals surface area contributed by atoms with E-state index in [2.05, 4.69) is 11.4 Å². The lowest BCUT2D eigenvalue weighted by Gasteiger charge is -2.29. The number of nitrogens with zero attached hydrogens (tertiary/aromatic N) is 1. The van der Waals surface area contributed by atoms with Gasteiger partial charge in [-0.25, -0.2) is 4.39 Å². The van der Waals surface area contributed by atoms with E-state index in [1.54, 1.807) is 36.4 Å². The molecule has 0 aliphatic heterocycles. The monoisotopic (exact) mass is 380 g/mol. The van der Waals surface area contributed by atoms with Crippen LogP contribution in [0.3, 0.4) is 0 Å². The zero-order chi connectivity index (χ0) is 20.1. The van der Waals surface area contributed by atoms with Crippen molar-refractivity contribution in [3.63, 3.8) is 0 Å². The molecule has 0 saturated heterocycles. The number of benzene rings is 2. The van der Waals surface area contributed by atoms with E-state index < -0.39 is 5.41 Å². The lowest BCUT2D eigenvalue weighted by Crippen LogP contribution is -2.38. The summed E-state index contributed by atoms with van der Waals surface area (Å²) in [4.78, 5) is 13.2. The summed E-state index contributed by atoms with van der Waals surface area (Å²) < 4.78 is 20.2. The van der Waals surface area contributed by atoms with Crippen molar-refractivity contribution in [3.8, 4) is 11.8 Å². The van der Waals surface area contributed by atoms with Crippen LogP contribution in [-0.2, 0) is 10.2 Å². The zero-order valence-electron chi connectivity index (χ0n) is 16.3. The van der Waals surface area contributed by atoms with Crippen LogP contribution in [0.2, 0.25) is 0 Å². The second-order valence-corrected chi connectivity index (χ2v) is 7.38. The lowest BCUT2D eigenvalue weighted by molar-refractivity contribution is -0.121. The predicted octanol–water partition coefficient (Wildman–Crippen LogP) is 5.33. The lowest BCUT2D eigenvalue weighted by atomic mass is 9.77. The smallest absolute Gasteiger partial charge is 0.235 e. The number of carbonyl (C=O) groups excluding carboxylic acids is 1. The average Bonchev–Trinajstić information content (AvgIpc) is 3.20. The number of anilines is 1. The minimum atomic E-state index is -0.899. The van der Waals surface area contributed by atoms with E-state index in [1.165, 1.54) is 6.07 Å². The van der Waals surface area contributed by atoms with Crippen LogP contribution in [-0.4, -0.2) is 12.0 Å². The Morgan fingerprint density at radius 1 is 1.29 bits per heavy atom. The van der Waals surface area contributed by atoms with Gasteiger partial charge >= 0.3 is 0 Å². The van der Waals surface area contributed by atoms with Gasteiger partial charge in [-0.05, 0) is 44.4 Å². The summed E-state index contributed by atoms with van der Waals surface area (Å²) in [6, 6.07) is 13.6. The van der Waals surface area contributed by atoms with Crippen LogP contribution in [0, 0.1) is 17.1 Å². The molecule has 0 unspecified atom stereocenters. The Morgan fingerprint density at radius 2 is 2.00 bits per heavy atom. The summed E-state index contributed by atoms with van der Waals surface area (Å²) in [7, 11) is 0. The van der Waals surface area contributed by atoms with Gasteiger partial charge in [-0.1, -0.05) is 38.0 Å². The number of rotatable bonds is 6. The number of carbonyl (C=O) groups is 1. The van der Waals surface area contributed by atoms with Gasteiger partial charge in [0.05, 0.1) is 22.8 Å². The van der Waals surface area contributed by atoms with Gasteiger partial charge < -0.3 is 10.1 Å². The molecule has 1 saturated carbocycles. The first-order chi connectivity index (χ1) is 13.5. The molecule has 0 radical (unpaired) electrons. The molecule has 1 aliphatic rings. The molecule has 1 atom stereocenters. The van der Waals surface area contributed by atoms with E-state index in [-0.39, 0.29) is 17.8 Å². The van der Waals surface area contributed by atoms with Gasteiger partial charge in [0.2, 0.25) is 5.91 Å². The van der Waals surface area contributed by atoms with Crippen molar-refractivity contribution >= 4 is 11.6 Å². The van der Waals surface area contributed by atoms with Gasteiger partial charge in [0.15, 0.2) is 0 Å². The van der Waals surface area contributed by atoms with E-state index in [9.17, 15) is 14.4 Å². The van der Waals surface area contributed by atoms with Crippen molar-refractivity contribution < 1.29 is 13.9 Å². The number of ether oxygens (including phenoxy) is 1. The van der Waals surface area contributed by atoms with Gasteiger partial charge in [-0.2, -0.15) is 5.26 Å². The molecule has 2 aromatic carbocycles. The van der Waals surface area contributed by atoms with Crippen molar-refractivity contribution in [2.45, 2.75) is 57.5 Å². The second kappa shape index (κ2) is 8.43. The van der Waals surface area contributed by atoms with Gasteiger partial charge in [0.25, 0.3) is 0 Å². The van der Waals surface area contributed by atoms with Gasteiger partial charge in [0, 0.05) is 11.6 Å². The maximum atomic E-state index is 14.5. The van der Waals surface area contributed by atoms with Crippen LogP contribution in [0.5, 0.6) is 5.75 Å². The normalized spacial score (nSPS) is 16.2. The Labute approximate surface area is 165 Å². The molecule has 0 bridgehead atoms. The molecule has 4 nitrogen and oxygen atoms in total. The molecular weight excluding hydrogens is 355 g/mol. The number of amides is 1. The number of nitriles is 1. The molecular formula is C23H25FN2O2. The average molecular weight is 380 g/mol. The van der Waals surface area contributed by atoms with Crippen LogP contribution in [0.1, 0.15) is 57.1 Å². The van der Waals surface area contributed by atoms with E-state index in [4.69, 9.17) is 4.74 Å². The van der Waals surface area contributed by atoms with Crippen molar-refractivity contribution in [3.05, 3.63) is 59.4 Å². The third-order valence-electron chi connectivity index (χ3n) is 5.55. The summed E-state index contributed by atoms with van der Waals surface area (Å²) in [5.74, 6) is -0.0341. The van der Waals surface area contributed by atoms with Gasteiger partial charge in [-0.15, -0.1) is 0 Å². The third-order valence-corrected chi connectivity index (χ3v) is 5.55. The minimum Gasteiger partial charge on any atom is -0.491 e. The fourth-order valence-corrected chi connectivity index (χ4v) is 3.80. The van der Waals surface area contributed by atoms with Crippen molar-refractivity contribution in [1.29, 1.82) is 5.26 Å². The summed E-state index contributed by atoms with van der Waals surface area (Å²) in [6.07, 6.45) is 3.82. The van der Waals surface area contributed by atoms with E-state index in [0.29, 0.717) is 35.4 Å². The molecule has 1 aliphatic carbocycles. The van der Waals surface area contributed by atoms with E-state index >= 15 is 0 Å². The largest absolute Gasteiger partial charge is 0.491 e. The molecule has 28 heavy (non-hydrogen) atoms. The van der Waals surface area contributed by atoms with Crippen LogP contribution in [0.15, 0.2) is 42.5 Å². The molecule has 1 N–H and O–H groups in total. The fourth-order valence-electron chi connectivity index (χ4n) is 3.80. The van der Waals surface area contributed by atoms with Crippen molar-refractivity contribution in [1.82, 2.24) is 0 Å². The van der Waals surface area contributed by atoms with Gasteiger partial charge in [-0.3, -0.25) is 4.79 Å². The first kappa shape index (κ1) is 19.9. The van der Waals surface area contributed by atoms with E-state index in [0.717, 1.165) is 19.3 Å². The van der Waals surface area contributed by atoms with Crippen molar-refractivity contribution in [2.24, 2.45) is 0 Å². The molecule has 1 fully saturated rings.